The van der Waals surface area contributed by atoms with Gasteiger partial charge in [0.2, 0.25) is 5.89 Å². The summed E-state index contributed by atoms with van der Waals surface area (Å²) in [6.07, 6.45) is -1.13. The first-order valence-electron chi connectivity index (χ1n) is 5.72. The fraction of sp³-hybridized carbons (Fsp3) is 0.167. The summed E-state index contributed by atoms with van der Waals surface area (Å²) in [6.45, 7) is 1.87. The number of amides is 2. The fourth-order valence-electron chi connectivity index (χ4n) is 1.48. The van der Waals surface area contributed by atoms with Gasteiger partial charge in [0.15, 0.2) is 0 Å². The van der Waals surface area contributed by atoms with Crippen molar-refractivity contribution < 1.29 is 19.1 Å². The standard InChI is InChI=1S/C12H12N4O4/c1-7-15-16-11(20-7)10(17)13-6-8-2-4-9(5-3-8)14-12(18)19/h2-5,14H,6H2,1H3,(H,13,17)(H,18,19). The first-order valence-corrected chi connectivity index (χ1v) is 5.72. The lowest BCUT2D eigenvalue weighted by Crippen LogP contribution is -2.23. The maximum atomic E-state index is 11.6. The number of nitrogens with one attached hydrogen (secondary N) is 2. The molecule has 0 aliphatic rings. The quantitative estimate of drug-likeness (QED) is 0.776. The van der Waals surface area contributed by atoms with Crippen LogP contribution in [-0.4, -0.2) is 27.3 Å². The molecule has 2 rings (SSSR count). The molecular weight excluding hydrogens is 264 g/mol. The van der Waals surface area contributed by atoms with Gasteiger partial charge in [0.25, 0.3) is 0 Å². The van der Waals surface area contributed by atoms with Crippen LogP contribution in [0, 0.1) is 6.92 Å². The summed E-state index contributed by atoms with van der Waals surface area (Å²) in [5, 5.41) is 20.5. The van der Waals surface area contributed by atoms with Crippen LogP contribution in [-0.2, 0) is 6.54 Å². The molecule has 0 atom stereocenters. The lowest BCUT2D eigenvalue weighted by molar-refractivity contribution is 0.0914. The Morgan fingerprint density at radius 2 is 1.95 bits per heavy atom. The van der Waals surface area contributed by atoms with Crippen LogP contribution < -0.4 is 10.6 Å². The van der Waals surface area contributed by atoms with Crippen molar-refractivity contribution in [3.63, 3.8) is 0 Å². The molecule has 20 heavy (non-hydrogen) atoms. The molecule has 0 saturated heterocycles. The van der Waals surface area contributed by atoms with Crippen molar-refractivity contribution in [1.29, 1.82) is 0 Å². The summed E-state index contributed by atoms with van der Waals surface area (Å²) in [5.41, 5.74) is 1.27. The largest absolute Gasteiger partial charge is 0.465 e. The van der Waals surface area contributed by atoms with Crippen molar-refractivity contribution >= 4 is 17.7 Å². The summed E-state index contributed by atoms with van der Waals surface area (Å²) < 4.78 is 4.99. The van der Waals surface area contributed by atoms with E-state index in [0.717, 1.165) is 5.56 Å². The molecule has 2 aromatic rings. The van der Waals surface area contributed by atoms with Gasteiger partial charge in [0.05, 0.1) is 0 Å². The van der Waals surface area contributed by atoms with E-state index in [1.165, 1.54) is 0 Å². The molecule has 0 aliphatic carbocycles. The van der Waals surface area contributed by atoms with Crippen LogP contribution in [0.25, 0.3) is 0 Å². The number of carbonyl (C=O) groups is 2. The van der Waals surface area contributed by atoms with Crippen molar-refractivity contribution in [3.05, 3.63) is 41.6 Å². The molecule has 8 heteroatoms. The molecule has 0 bridgehead atoms. The molecule has 8 nitrogen and oxygen atoms in total. The minimum absolute atomic E-state index is 0.0911. The lowest BCUT2D eigenvalue weighted by atomic mass is 10.2. The smallest absolute Gasteiger partial charge is 0.409 e. The van der Waals surface area contributed by atoms with Gasteiger partial charge in [-0.3, -0.25) is 10.1 Å². The minimum Gasteiger partial charge on any atom is -0.465 e. The highest BCUT2D eigenvalue weighted by molar-refractivity contribution is 5.89. The van der Waals surface area contributed by atoms with Crippen LogP contribution in [0.15, 0.2) is 28.7 Å². The maximum absolute atomic E-state index is 11.6. The number of carboxylic acid groups (broad SMARTS) is 1. The van der Waals surface area contributed by atoms with Crippen molar-refractivity contribution in [2.45, 2.75) is 13.5 Å². The van der Waals surface area contributed by atoms with Crippen molar-refractivity contribution in [3.8, 4) is 0 Å². The first kappa shape index (κ1) is 13.5. The van der Waals surface area contributed by atoms with Crippen molar-refractivity contribution in [1.82, 2.24) is 15.5 Å². The summed E-state index contributed by atoms with van der Waals surface area (Å²) >= 11 is 0. The summed E-state index contributed by atoms with van der Waals surface area (Å²) in [5.74, 6) is -0.232. The Hall–Kier alpha value is -2.90. The second-order valence-corrected chi connectivity index (χ2v) is 3.94. The van der Waals surface area contributed by atoms with Crippen LogP contribution in [0.2, 0.25) is 0 Å². The highest BCUT2D eigenvalue weighted by Crippen LogP contribution is 2.09. The van der Waals surface area contributed by atoms with Gasteiger partial charge in [-0.1, -0.05) is 12.1 Å². The highest BCUT2D eigenvalue weighted by atomic mass is 16.4. The third-order valence-electron chi connectivity index (χ3n) is 2.38. The second kappa shape index (κ2) is 5.83. The van der Waals surface area contributed by atoms with E-state index in [1.54, 1.807) is 31.2 Å². The first-order chi connectivity index (χ1) is 9.54. The van der Waals surface area contributed by atoms with Gasteiger partial charge in [-0.25, -0.2) is 4.79 Å². The Labute approximate surface area is 113 Å². The average Bonchev–Trinajstić information content (AvgIpc) is 2.84. The zero-order chi connectivity index (χ0) is 14.5. The summed E-state index contributed by atoms with van der Waals surface area (Å²) in [4.78, 5) is 22.1. The number of hydrogen-bond acceptors (Lipinski definition) is 5. The van der Waals surface area contributed by atoms with E-state index in [1.807, 2.05) is 0 Å². The third-order valence-corrected chi connectivity index (χ3v) is 2.38. The van der Waals surface area contributed by atoms with Crippen LogP contribution in [0.3, 0.4) is 0 Å². The van der Waals surface area contributed by atoms with E-state index < -0.39 is 12.0 Å². The van der Waals surface area contributed by atoms with Crippen molar-refractivity contribution in [2.75, 3.05) is 5.32 Å². The molecule has 1 heterocycles. The van der Waals surface area contributed by atoms with Gasteiger partial charge in [-0.2, -0.15) is 0 Å². The number of anilines is 1. The van der Waals surface area contributed by atoms with Gasteiger partial charge in [0.1, 0.15) is 0 Å². The van der Waals surface area contributed by atoms with Gasteiger partial charge in [0, 0.05) is 19.2 Å². The number of rotatable bonds is 4. The van der Waals surface area contributed by atoms with E-state index in [4.69, 9.17) is 9.52 Å². The van der Waals surface area contributed by atoms with Crippen LogP contribution in [0.4, 0.5) is 10.5 Å². The number of aryl methyl sites for hydroxylation is 1. The molecule has 3 N–H and O–H groups in total. The monoisotopic (exact) mass is 276 g/mol. The Morgan fingerprint density at radius 3 is 2.50 bits per heavy atom. The maximum Gasteiger partial charge on any atom is 0.409 e. The second-order valence-electron chi connectivity index (χ2n) is 3.94. The van der Waals surface area contributed by atoms with Gasteiger partial charge in [-0.05, 0) is 17.7 Å². The zero-order valence-electron chi connectivity index (χ0n) is 10.6. The fourth-order valence-corrected chi connectivity index (χ4v) is 1.48. The Bertz CT molecular complexity index is 621. The number of aromatic nitrogens is 2. The average molecular weight is 276 g/mol. The molecule has 1 aromatic carbocycles. The molecule has 0 aliphatic heterocycles. The summed E-state index contributed by atoms with van der Waals surface area (Å²) in [7, 11) is 0. The zero-order valence-corrected chi connectivity index (χ0v) is 10.6. The molecule has 0 unspecified atom stereocenters. The molecule has 1 aromatic heterocycles. The van der Waals surface area contributed by atoms with Crippen LogP contribution >= 0.6 is 0 Å². The number of carbonyl (C=O) groups excluding carboxylic acids is 1. The van der Waals surface area contributed by atoms with E-state index in [2.05, 4.69) is 20.8 Å². The third kappa shape index (κ3) is 3.55. The number of benzene rings is 1. The topological polar surface area (TPSA) is 117 Å². The predicted molar refractivity (Wildman–Crippen MR) is 68.3 cm³/mol. The Balaban J connectivity index is 1.90. The highest BCUT2D eigenvalue weighted by Gasteiger charge is 2.12. The van der Waals surface area contributed by atoms with E-state index in [0.29, 0.717) is 11.6 Å². The molecule has 0 fully saturated rings. The molecule has 0 spiro atoms. The van der Waals surface area contributed by atoms with Crippen LogP contribution in [0.1, 0.15) is 22.1 Å². The number of hydrogen-bond donors (Lipinski definition) is 3. The molecule has 0 radical (unpaired) electrons. The van der Waals surface area contributed by atoms with Gasteiger partial charge in [-0.15, -0.1) is 10.2 Å². The summed E-state index contributed by atoms with van der Waals surface area (Å²) in [6, 6.07) is 6.61. The molecule has 104 valence electrons. The predicted octanol–water partition coefficient (Wildman–Crippen LogP) is 1.40. The SMILES string of the molecule is Cc1nnc(C(=O)NCc2ccc(NC(=O)O)cc2)o1. The molecule has 0 saturated carbocycles. The van der Waals surface area contributed by atoms with Gasteiger partial charge >= 0.3 is 17.9 Å². The Kier molecular flexibility index (Phi) is 3.94. The molecule has 2 amide bonds. The van der Waals surface area contributed by atoms with Crippen molar-refractivity contribution in [2.24, 2.45) is 0 Å². The Morgan fingerprint density at radius 1 is 1.25 bits per heavy atom. The van der Waals surface area contributed by atoms with Crippen LogP contribution in [0.5, 0.6) is 0 Å². The van der Waals surface area contributed by atoms with Gasteiger partial charge < -0.3 is 14.8 Å². The lowest BCUT2D eigenvalue weighted by Gasteiger charge is -2.04. The molecular formula is C12H12N4O4. The minimum atomic E-state index is -1.13. The van der Waals surface area contributed by atoms with E-state index in [-0.39, 0.29) is 12.4 Å². The number of nitrogens with zero attached hydrogens (tertiary/aromatic N) is 2. The van der Waals surface area contributed by atoms with E-state index in [9.17, 15) is 9.59 Å². The van der Waals surface area contributed by atoms with E-state index >= 15 is 0 Å². The normalized spacial score (nSPS) is 10.1.